The lowest BCUT2D eigenvalue weighted by atomic mass is 10.1. The normalized spacial score (nSPS) is 10.2. The first-order valence-electron chi connectivity index (χ1n) is 6.20. The van der Waals surface area contributed by atoms with Gasteiger partial charge in [-0.2, -0.15) is 0 Å². The number of carboxylic acids is 1. The maximum absolute atomic E-state index is 10.9. The van der Waals surface area contributed by atoms with E-state index >= 15 is 0 Å². The largest absolute Gasteiger partial charge is 0.478 e. The number of aryl methyl sites for hydroxylation is 2. The second-order valence-corrected chi connectivity index (χ2v) is 4.61. The first kappa shape index (κ1) is 13.1. The van der Waals surface area contributed by atoms with E-state index in [0.29, 0.717) is 5.56 Å². The van der Waals surface area contributed by atoms with E-state index in [1.165, 1.54) is 11.1 Å². The highest BCUT2D eigenvalue weighted by Gasteiger charge is 2.05. The topological polar surface area (TPSA) is 49.3 Å². The van der Waals surface area contributed by atoms with E-state index in [0.717, 1.165) is 17.8 Å². The van der Waals surface area contributed by atoms with Crippen LogP contribution >= 0.6 is 0 Å². The van der Waals surface area contributed by atoms with Gasteiger partial charge in [0.25, 0.3) is 0 Å². The molecule has 3 nitrogen and oxygen atoms in total. The van der Waals surface area contributed by atoms with Crippen LogP contribution in [0.1, 0.15) is 27.0 Å². The highest BCUT2D eigenvalue weighted by Crippen LogP contribution is 2.18. The average Bonchev–Trinajstić information content (AvgIpc) is 2.39. The standard InChI is InChI=1S/C16H17NO2/c1-11-5-3-4-6-14(11)10-17-15-8-7-13(16(18)19)9-12(15)2/h3-9,17H,10H2,1-2H3,(H,18,19). The van der Waals surface area contributed by atoms with Crippen molar-refractivity contribution in [2.45, 2.75) is 20.4 Å². The van der Waals surface area contributed by atoms with Crippen LogP contribution in [0.4, 0.5) is 5.69 Å². The second-order valence-electron chi connectivity index (χ2n) is 4.61. The summed E-state index contributed by atoms with van der Waals surface area (Å²) in [5, 5.41) is 12.3. The molecule has 0 spiro atoms. The third-order valence-electron chi connectivity index (χ3n) is 3.20. The van der Waals surface area contributed by atoms with Gasteiger partial charge in [-0.3, -0.25) is 0 Å². The number of hydrogen-bond donors (Lipinski definition) is 2. The second kappa shape index (κ2) is 5.57. The summed E-state index contributed by atoms with van der Waals surface area (Å²) in [4.78, 5) is 10.9. The van der Waals surface area contributed by atoms with Crippen molar-refractivity contribution >= 4 is 11.7 Å². The molecule has 0 bridgehead atoms. The fraction of sp³-hybridized carbons (Fsp3) is 0.188. The summed E-state index contributed by atoms with van der Waals surface area (Å²) < 4.78 is 0. The molecule has 0 aliphatic carbocycles. The third-order valence-corrected chi connectivity index (χ3v) is 3.20. The molecular weight excluding hydrogens is 238 g/mol. The highest BCUT2D eigenvalue weighted by atomic mass is 16.4. The summed E-state index contributed by atoms with van der Waals surface area (Å²) >= 11 is 0. The molecule has 0 saturated carbocycles. The Kier molecular flexibility index (Phi) is 3.85. The zero-order valence-electron chi connectivity index (χ0n) is 11.1. The summed E-state index contributed by atoms with van der Waals surface area (Å²) in [7, 11) is 0. The van der Waals surface area contributed by atoms with Gasteiger partial charge in [-0.1, -0.05) is 24.3 Å². The minimum atomic E-state index is -0.895. The third kappa shape index (κ3) is 3.13. The lowest BCUT2D eigenvalue weighted by Crippen LogP contribution is -2.04. The zero-order chi connectivity index (χ0) is 13.8. The van der Waals surface area contributed by atoms with Gasteiger partial charge < -0.3 is 10.4 Å². The van der Waals surface area contributed by atoms with Gasteiger partial charge in [-0.05, 0) is 48.7 Å². The first-order valence-corrected chi connectivity index (χ1v) is 6.20. The van der Waals surface area contributed by atoms with E-state index in [-0.39, 0.29) is 0 Å². The van der Waals surface area contributed by atoms with Crippen molar-refractivity contribution in [3.63, 3.8) is 0 Å². The lowest BCUT2D eigenvalue weighted by molar-refractivity contribution is 0.0697. The Morgan fingerprint density at radius 1 is 1.11 bits per heavy atom. The Morgan fingerprint density at radius 2 is 1.84 bits per heavy atom. The smallest absolute Gasteiger partial charge is 0.335 e. The monoisotopic (exact) mass is 255 g/mol. The molecule has 0 radical (unpaired) electrons. The Morgan fingerprint density at radius 3 is 2.47 bits per heavy atom. The maximum Gasteiger partial charge on any atom is 0.335 e. The zero-order valence-corrected chi connectivity index (χ0v) is 11.1. The van der Waals surface area contributed by atoms with Crippen LogP contribution in [0.3, 0.4) is 0 Å². The van der Waals surface area contributed by atoms with E-state index in [2.05, 4.69) is 24.4 Å². The van der Waals surface area contributed by atoms with Crippen LogP contribution in [0.15, 0.2) is 42.5 Å². The van der Waals surface area contributed by atoms with Gasteiger partial charge in [-0.25, -0.2) is 4.79 Å². The van der Waals surface area contributed by atoms with Crippen molar-refractivity contribution in [1.29, 1.82) is 0 Å². The Labute approximate surface area is 112 Å². The molecule has 0 unspecified atom stereocenters. The van der Waals surface area contributed by atoms with Crippen LogP contribution in [0, 0.1) is 13.8 Å². The number of nitrogens with one attached hydrogen (secondary N) is 1. The lowest BCUT2D eigenvalue weighted by Gasteiger charge is -2.11. The maximum atomic E-state index is 10.9. The number of anilines is 1. The van der Waals surface area contributed by atoms with E-state index in [1.54, 1.807) is 12.1 Å². The van der Waals surface area contributed by atoms with Gasteiger partial charge in [0.05, 0.1) is 5.56 Å². The average molecular weight is 255 g/mol. The van der Waals surface area contributed by atoms with Crippen LogP contribution in [0.2, 0.25) is 0 Å². The SMILES string of the molecule is Cc1ccccc1CNc1ccc(C(=O)O)cc1C. The molecule has 0 amide bonds. The predicted molar refractivity (Wildman–Crippen MR) is 76.6 cm³/mol. The molecule has 2 aromatic rings. The Balaban J connectivity index is 2.12. The fourth-order valence-electron chi connectivity index (χ4n) is 1.99. The van der Waals surface area contributed by atoms with Crippen LogP contribution in [0.5, 0.6) is 0 Å². The van der Waals surface area contributed by atoms with Gasteiger partial charge in [0.2, 0.25) is 0 Å². The molecule has 0 fully saturated rings. The number of carbonyl (C=O) groups is 1. The summed E-state index contributed by atoms with van der Waals surface area (Å²) in [5.74, 6) is -0.895. The van der Waals surface area contributed by atoms with Gasteiger partial charge in [0.1, 0.15) is 0 Å². The molecule has 0 atom stereocenters. The summed E-state index contributed by atoms with van der Waals surface area (Å²) in [6, 6.07) is 13.3. The molecule has 0 aliphatic rings. The summed E-state index contributed by atoms with van der Waals surface area (Å²) in [6.07, 6.45) is 0. The van der Waals surface area contributed by atoms with Gasteiger partial charge in [-0.15, -0.1) is 0 Å². The van der Waals surface area contributed by atoms with Crippen molar-refractivity contribution in [3.8, 4) is 0 Å². The van der Waals surface area contributed by atoms with Crippen LogP contribution < -0.4 is 5.32 Å². The number of hydrogen-bond acceptors (Lipinski definition) is 2. The summed E-state index contributed by atoms with van der Waals surface area (Å²) in [6.45, 7) is 4.73. The van der Waals surface area contributed by atoms with Crippen molar-refractivity contribution in [2.24, 2.45) is 0 Å². The van der Waals surface area contributed by atoms with E-state index in [1.807, 2.05) is 25.1 Å². The molecular formula is C16H17NO2. The molecule has 0 saturated heterocycles. The molecule has 2 rings (SSSR count). The summed E-state index contributed by atoms with van der Waals surface area (Å²) in [5.41, 5.74) is 4.71. The van der Waals surface area contributed by atoms with E-state index in [9.17, 15) is 4.79 Å². The fourth-order valence-corrected chi connectivity index (χ4v) is 1.99. The Hall–Kier alpha value is -2.29. The first-order chi connectivity index (χ1) is 9.08. The molecule has 2 N–H and O–H groups in total. The molecule has 2 aromatic carbocycles. The molecule has 98 valence electrons. The Bertz CT molecular complexity index is 605. The quantitative estimate of drug-likeness (QED) is 0.877. The van der Waals surface area contributed by atoms with E-state index in [4.69, 9.17) is 5.11 Å². The van der Waals surface area contributed by atoms with Crippen molar-refractivity contribution in [3.05, 3.63) is 64.7 Å². The van der Waals surface area contributed by atoms with Crippen LogP contribution in [-0.4, -0.2) is 11.1 Å². The van der Waals surface area contributed by atoms with Crippen LogP contribution in [-0.2, 0) is 6.54 Å². The number of carboxylic acid groups (broad SMARTS) is 1. The molecule has 0 aromatic heterocycles. The van der Waals surface area contributed by atoms with Gasteiger partial charge >= 0.3 is 5.97 Å². The number of benzene rings is 2. The van der Waals surface area contributed by atoms with Crippen molar-refractivity contribution < 1.29 is 9.90 Å². The minimum absolute atomic E-state index is 0.318. The van der Waals surface area contributed by atoms with Gasteiger partial charge in [0.15, 0.2) is 0 Å². The molecule has 0 aliphatic heterocycles. The molecule has 19 heavy (non-hydrogen) atoms. The van der Waals surface area contributed by atoms with E-state index < -0.39 is 5.97 Å². The number of aromatic carboxylic acids is 1. The number of rotatable bonds is 4. The van der Waals surface area contributed by atoms with Crippen molar-refractivity contribution in [1.82, 2.24) is 0 Å². The van der Waals surface area contributed by atoms with Crippen LogP contribution in [0.25, 0.3) is 0 Å². The van der Waals surface area contributed by atoms with Crippen molar-refractivity contribution in [2.75, 3.05) is 5.32 Å². The highest BCUT2D eigenvalue weighted by molar-refractivity contribution is 5.88. The molecule has 3 heteroatoms. The van der Waals surface area contributed by atoms with Gasteiger partial charge in [0, 0.05) is 12.2 Å². The minimum Gasteiger partial charge on any atom is -0.478 e. The predicted octanol–water partition coefficient (Wildman–Crippen LogP) is 3.61. The molecule has 0 heterocycles.